The minimum atomic E-state index is -0.474. The monoisotopic (exact) mass is 317 g/mol. The first-order valence-electron chi connectivity index (χ1n) is 8.47. The number of ether oxygens (including phenoxy) is 1. The highest BCUT2D eigenvalue weighted by molar-refractivity contribution is 5.70. The van der Waals surface area contributed by atoms with E-state index in [1.807, 2.05) is 43.9 Å². The van der Waals surface area contributed by atoms with E-state index in [0.717, 1.165) is 30.4 Å². The van der Waals surface area contributed by atoms with Crippen LogP contribution in [0.4, 0.5) is 4.79 Å². The summed E-state index contributed by atoms with van der Waals surface area (Å²) in [5.74, 6) is 0. The number of hydrogen-bond acceptors (Lipinski definition) is 2. The van der Waals surface area contributed by atoms with Crippen LogP contribution in [0.5, 0.6) is 0 Å². The maximum absolute atomic E-state index is 12.5. The van der Waals surface area contributed by atoms with Crippen molar-refractivity contribution in [2.75, 3.05) is 6.54 Å². The Morgan fingerprint density at radius 3 is 2.39 bits per heavy atom. The van der Waals surface area contributed by atoms with Gasteiger partial charge in [-0.25, -0.2) is 4.79 Å². The van der Waals surface area contributed by atoms with Crippen molar-refractivity contribution < 1.29 is 9.53 Å². The van der Waals surface area contributed by atoms with E-state index >= 15 is 0 Å². The minimum absolute atomic E-state index is 0.0594. The molecule has 3 nitrogen and oxygen atoms in total. The van der Waals surface area contributed by atoms with E-state index in [1.54, 1.807) is 0 Å². The Kier molecular flexibility index (Phi) is 7.34. The van der Waals surface area contributed by atoms with Crippen molar-refractivity contribution >= 4 is 11.7 Å². The van der Waals surface area contributed by atoms with E-state index in [4.69, 9.17) is 4.74 Å². The van der Waals surface area contributed by atoms with Gasteiger partial charge in [-0.1, -0.05) is 50.3 Å². The summed E-state index contributed by atoms with van der Waals surface area (Å²) in [6, 6.07) is 10.2. The molecule has 0 aliphatic heterocycles. The molecule has 0 N–H and O–H groups in total. The first-order valence-corrected chi connectivity index (χ1v) is 8.47. The summed E-state index contributed by atoms with van der Waals surface area (Å²) in [5, 5.41) is 0. The molecule has 1 atom stereocenters. The molecule has 0 saturated carbocycles. The molecule has 1 aromatic carbocycles. The van der Waals surface area contributed by atoms with Gasteiger partial charge in [0.2, 0.25) is 0 Å². The van der Waals surface area contributed by atoms with Gasteiger partial charge in [0.05, 0.1) is 0 Å². The molecule has 1 rings (SSSR count). The number of carbonyl (C=O) groups excluding carboxylic acids is 1. The molecule has 23 heavy (non-hydrogen) atoms. The van der Waals surface area contributed by atoms with Gasteiger partial charge < -0.3 is 9.64 Å². The van der Waals surface area contributed by atoms with Gasteiger partial charge in [-0.05, 0) is 51.7 Å². The first-order chi connectivity index (χ1) is 10.7. The Hall–Kier alpha value is -1.77. The molecule has 0 fully saturated rings. The summed E-state index contributed by atoms with van der Waals surface area (Å²) in [4.78, 5) is 14.3. The van der Waals surface area contributed by atoms with Crippen LogP contribution in [0, 0.1) is 0 Å². The van der Waals surface area contributed by atoms with Crippen molar-refractivity contribution in [2.24, 2.45) is 0 Å². The first kappa shape index (κ1) is 19.3. The lowest BCUT2D eigenvalue weighted by Crippen LogP contribution is -2.42. The summed E-state index contributed by atoms with van der Waals surface area (Å²) in [6.45, 7) is 14.8. The van der Waals surface area contributed by atoms with Crippen LogP contribution in [0.25, 0.3) is 5.57 Å². The number of benzene rings is 1. The molecule has 0 radical (unpaired) electrons. The molecule has 128 valence electrons. The Morgan fingerprint density at radius 1 is 1.26 bits per heavy atom. The SMILES string of the molecule is C=C(CC(C)N(CCCC)C(=O)OC(C)(C)C)c1ccccc1. The maximum Gasteiger partial charge on any atom is 0.410 e. The molecule has 3 heteroatoms. The molecular formula is C20H31NO2. The standard InChI is InChI=1S/C20H31NO2/c1-7-8-14-21(19(22)23-20(4,5)6)17(3)15-16(2)18-12-10-9-11-13-18/h9-13,17H,2,7-8,14-15H2,1,3-6H3. The van der Waals surface area contributed by atoms with Crippen molar-refractivity contribution in [1.29, 1.82) is 0 Å². The highest BCUT2D eigenvalue weighted by Crippen LogP contribution is 2.22. The van der Waals surface area contributed by atoms with Gasteiger partial charge in [-0.2, -0.15) is 0 Å². The van der Waals surface area contributed by atoms with Gasteiger partial charge in [0.25, 0.3) is 0 Å². The molecule has 0 aromatic heterocycles. The number of amides is 1. The van der Waals surface area contributed by atoms with E-state index in [-0.39, 0.29) is 12.1 Å². The van der Waals surface area contributed by atoms with Gasteiger partial charge in [-0.15, -0.1) is 0 Å². The predicted octanol–water partition coefficient (Wildman–Crippen LogP) is 5.52. The average molecular weight is 317 g/mol. The van der Waals surface area contributed by atoms with Crippen molar-refractivity contribution in [3.63, 3.8) is 0 Å². The third-order valence-electron chi connectivity index (χ3n) is 3.64. The van der Waals surface area contributed by atoms with Crippen LogP contribution < -0.4 is 0 Å². The summed E-state index contributed by atoms with van der Waals surface area (Å²) < 4.78 is 5.56. The zero-order valence-corrected chi connectivity index (χ0v) is 15.3. The van der Waals surface area contributed by atoms with Crippen LogP contribution in [0.3, 0.4) is 0 Å². The minimum Gasteiger partial charge on any atom is -0.444 e. The number of carbonyl (C=O) groups is 1. The Balaban J connectivity index is 2.76. The van der Waals surface area contributed by atoms with E-state index in [9.17, 15) is 4.79 Å². The summed E-state index contributed by atoms with van der Waals surface area (Å²) in [7, 11) is 0. The fourth-order valence-electron chi connectivity index (χ4n) is 2.40. The zero-order chi connectivity index (χ0) is 17.5. The summed E-state index contributed by atoms with van der Waals surface area (Å²) in [6.07, 6.45) is 2.53. The van der Waals surface area contributed by atoms with Crippen LogP contribution in [-0.4, -0.2) is 29.2 Å². The smallest absolute Gasteiger partial charge is 0.410 e. The largest absolute Gasteiger partial charge is 0.444 e. The van der Waals surface area contributed by atoms with Gasteiger partial charge in [0.15, 0.2) is 0 Å². The maximum atomic E-state index is 12.5. The van der Waals surface area contributed by atoms with Crippen LogP contribution in [-0.2, 0) is 4.74 Å². The molecule has 0 bridgehead atoms. The molecule has 0 heterocycles. The quantitative estimate of drug-likeness (QED) is 0.663. The van der Waals surface area contributed by atoms with Gasteiger partial charge in [0, 0.05) is 12.6 Å². The fourth-order valence-corrected chi connectivity index (χ4v) is 2.40. The molecule has 1 amide bonds. The number of nitrogens with zero attached hydrogens (tertiary/aromatic N) is 1. The van der Waals surface area contributed by atoms with Crippen LogP contribution in [0.15, 0.2) is 36.9 Å². The van der Waals surface area contributed by atoms with Gasteiger partial charge in [0.1, 0.15) is 5.60 Å². The molecule has 1 aromatic rings. The fraction of sp³-hybridized carbons (Fsp3) is 0.550. The molecule has 0 spiro atoms. The zero-order valence-electron chi connectivity index (χ0n) is 15.3. The Morgan fingerprint density at radius 2 is 1.87 bits per heavy atom. The van der Waals surface area contributed by atoms with Gasteiger partial charge >= 0.3 is 6.09 Å². The lowest BCUT2D eigenvalue weighted by atomic mass is 10.00. The van der Waals surface area contributed by atoms with Crippen LogP contribution in [0.2, 0.25) is 0 Å². The third kappa shape index (κ3) is 6.89. The predicted molar refractivity (Wildman–Crippen MR) is 97.4 cm³/mol. The number of hydrogen-bond donors (Lipinski definition) is 0. The Bertz CT molecular complexity index is 502. The highest BCUT2D eigenvalue weighted by Gasteiger charge is 2.26. The van der Waals surface area contributed by atoms with Crippen LogP contribution in [0.1, 0.15) is 59.4 Å². The normalized spacial score (nSPS) is 12.6. The van der Waals surface area contributed by atoms with E-state index < -0.39 is 5.60 Å². The second kappa shape index (κ2) is 8.76. The summed E-state index contributed by atoms with van der Waals surface area (Å²) in [5.41, 5.74) is 1.69. The molecule has 0 aliphatic carbocycles. The highest BCUT2D eigenvalue weighted by atomic mass is 16.6. The van der Waals surface area contributed by atoms with Gasteiger partial charge in [-0.3, -0.25) is 0 Å². The van der Waals surface area contributed by atoms with Crippen LogP contribution >= 0.6 is 0 Å². The van der Waals surface area contributed by atoms with Crippen molar-refractivity contribution in [3.8, 4) is 0 Å². The van der Waals surface area contributed by atoms with Crippen molar-refractivity contribution in [1.82, 2.24) is 4.90 Å². The number of rotatable bonds is 7. The van der Waals surface area contributed by atoms with Crippen molar-refractivity contribution in [3.05, 3.63) is 42.5 Å². The molecule has 0 aliphatic rings. The van der Waals surface area contributed by atoms with E-state index in [1.165, 1.54) is 0 Å². The molecule has 1 unspecified atom stereocenters. The van der Waals surface area contributed by atoms with E-state index in [0.29, 0.717) is 6.54 Å². The topological polar surface area (TPSA) is 29.5 Å². The van der Waals surface area contributed by atoms with E-state index in [2.05, 4.69) is 32.6 Å². The summed E-state index contributed by atoms with van der Waals surface area (Å²) >= 11 is 0. The molecule has 0 saturated heterocycles. The second-order valence-corrected chi connectivity index (χ2v) is 7.05. The Labute approximate surface area is 141 Å². The lowest BCUT2D eigenvalue weighted by Gasteiger charge is -2.32. The second-order valence-electron chi connectivity index (χ2n) is 7.05. The average Bonchev–Trinajstić information content (AvgIpc) is 2.46. The third-order valence-corrected chi connectivity index (χ3v) is 3.64. The number of unbranched alkanes of at least 4 members (excludes halogenated alkanes) is 1. The lowest BCUT2D eigenvalue weighted by molar-refractivity contribution is 0.0177. The van der Waals surface area contributed by atoms with Crippen molar-refractivity contribution in [2.45, 2.75) is 65.5 Å². The molecular weight excluding hydrogens is 286 g/mol.